The van der Waals surface area contributed by atoms with E-state index in [1.807, 2.05) is 31.2 Å². The van der Waals surface area contributed by atoms with Gasteiger partial charge >= 0.3 is 0 Å². The Kier molecular flexibility index (Phi) is 2.54. The molecule has 14 heavy (non-hydrogen) atoms. The Hall–Kier alpha value is -0.900. The van der Waals surface area contributed by atoms with Crippen LogP contribution in [0, 0.1) is 0 Å². The van der Waals surface area contributed by atoms with E-state index in [2.05, 4.69) is 5.32 Å². The molecule has 1 aromatic carbocycles. The van der Waals surface area contributed by atoms with Gasteiger partial charge in [-0.2, -0.15) is 0 Å². The van der Waals surface area contributed by atoms with Crippen molar-refractivity contribution >= 4 is 0 Å². The number of likely N-dealkylation sites (N-methyl/N-ethyl adjacent to an activating group) is 1. The van der Waals surface area contributed by atoms with Gasteiger partial charge in [-0.25, -0.2) is 0 Å². The van der Waals surface area contributed by atoms with Crippen LogP contribution in [0.15, 0.2) is 24.3 Å². The molecule has 1 aromatic rings. The maximum absolute atomic E-state index is 9.92. The minimum absolute atomic E-state index is 0.266. The summed E-state index contributed by atoms with van der Waals surface area (Å²) < 4.78 is 0. The Labute approximate surface area is 83.4 Å². The molecule has 2 unspecified atom stereocenters. The molecule has 3 N–H and O–H groups in total. The van der Waals surface area contributed by atoms with Gasteiger partial charge in [0.15, 0.2) is 0 Å². The fourth-order valence-corrected chi connectivity index (χ4v) is 2.07. The van der Waals surface area contributed by atoms with E-state index in [1.54, 1.807) is 0 Å². The Morgan fingerprint density at radius 3 is 2.07 bits per heavy atom. The highest BCUT2D eigenvalue weighted by atomic mass is 16.3. The predicted octanol–water partition coefficient (Wildman–Crippen LogP) is 0.745. The van der Waals surface area contributed by atoms with Crippen molar-refractivity contribution in [1.82, 2.24) is 5.32 Å². The number of rotatable bonds is 2. The molecule has 2 rings (SSSR count). The average Bonchev–Trinajstić information content (AvgIpc) is 2.45. The molecule has 0 bridgehead atoms. The highest BCUT2D eigenvalue weighted by Gasteiger charge is 2.37. The summed E-state index contributed by atoms with van der Waals surface area (Å²) in [6.45, 7) is 2.70. The molecule has 76 valence electrons. The predicted molar refractivity (Wildman–Crippen MR) is 53.8 cm³/mol. The van der Waals surface area contributed by atoms with Crippen LogP contribution in [0.1, 0.15) is 30.3 Å². The molecule has 1 aliphatic rings. The number of hydrogen-bond donors (Lipinski definition) is 3. The minimum atomic E-state index is -0.596. The van der Waals surface area contributed by atoms with Crippen molar-refractivity contribution in [2.45, 2.75) is 25.2 Å². The number of aliphatic hydroxyl groups is 2. The van der Waals surface area contributed by atoms with E-state index in [1.165, 1.54) is 0 Å². The van der Waals surface area contributed by atoms with E-state index in [0.717, 1.165) is 17.7 Å². The lowest BCUT2D eigenvalue weighted by molar-refractivity contribution is 0.0615. The second-order valence-electron chi connectivity index (χ2n) is 3.60. The normalized spacial score (nSPS) is 30.4. The Bertz CT molecular complexity index is 298. The second-order valence-corrected chi connectivity index (χ2v) is 3.60. The highest BCUT2D eigenvalue weighted by Crippen LogP contribution is 2.38. The van der Waals surface area contributed by atoms with Crippen LogP contribution >= 0.6 is 0 Å². The molecule has 1 aliphatic carbocycles. The summed E-state index contributed by atoms with van der Waals surface area (Å²) in [5, 5.41) is 22.9. The van der Waals surface area contributed by atoms with Gasteiger partial charge in [0, 0.05) is 0 Å². The van der Waals surface area contributed by atoms with Gasteiger partial charge < -0.3 is 15.5 Å². The standard InChI is InChI=1S/C11H15NO2/c1-2-12-9-10(13)7-5-3-4-6-8(7)11(9)14/h3-6,9-14H,2H2,1H3. The van der Waals surface area contributed by atoms with E-state index in [9.17, 15) is 10.2 Å². The van der Waals surface area contributed by atoms with Crippen LogP contribution in [0.4, 0.5) is 0 Å². The minimum Gasteiger partial charge on any atom is -0.387 e. The van der Waals surface area contributed by atoms with Crippen LogP contribution in [0.3, 0.4) is 0 Å². The molecule has 0 aromatic heterocycles. The largest absolute Gasteiger partial charge is 0.387 e. The first kappa shape index (κ1) is 9.65. The van der Waals surface area contributed by atoms with Crippen molar-refractivity contribution in [1.29, 1.82) is 0 Å². The number of aliphatic hydroxyl groups excluding tert-OH is 2. The van der Waals surface area contributed by atoms with Gasteiger partial charge in [-0.3, -0.25) is 0 Å². The Morgan fingerprint density at radius 1 is 1.14 bits per heavy atom. The summed E-state index contributed by atoms with van der Waals surface area (Å²) in [4.78, 5) is 0. The van der Waals surface area contributed by atoms with Crippen LogP contribution in [0.2, 0.25) is 0 Å². The number of fused-ring (bicyclic) bond motifs is 1. The van der Waals surface area contributed by atoms with Crippen molar-refractivity contribution in [2.24, 2.45) is 0 Å². The van der Waals surface area contributed by atoms with E-state index in [0.29, 0.717) is 0 Å². The lowest BCUT2D eigenvalue weighted by Gasteiger charge is -2.19. The molecule has 3 nitrogen and oxygen atoms in total. The molecule has 0 saturated heterocycles. The van der Waals surface area contributed by atoms with E-state index < -0.39 is 12.2 Å². The SMILES string of the molecule is CCNC1C(O)c2ccccc2C1O. The lowest BCUT2D eigenvalue weighted by atomic mass is 10.1. The van der Waals surface area contributed by atoms with Gasteiger partial charge in [0.05, 0.1) is 18.2 Å². The molecule has 3 heteroatoms. The third-order valence-electron chi connectivity index (χ3n) is 2.75. The van der Waals surface area contributed by atoms with E-state index in [4.69, 9.17) is 0 Å². The van der Waals surface area contributed by atoms with Crippen molar-refractivity contribution in [2.75, 3.05) is 6.54 Å². The maximum atomic E-state index is 9.92. The molecular weight excluding hydrogens is 178 g/mol. The van der Waals surface area contributed by atoms with Crippen LogP contribution in [0.5, 0.6) is 0 Å². The van der Waals surface area contributed by atoms with Gasteiger partial charge in [0.2, 0.25) is 0 Å². The first-order chi connectivity index (χ1) is 6.75. The number of benzene rings is 1. The summed E-state index contributed by atoms with van der Waals surface area (Å²) in [5.74, 6) is 0. The average molecular weight is 193 g/mol. The summed E-state index contributed by atoms with van der Waals surface area (Å²) in [6.07, 6.45) is -1.19. The van der Waals surface area contributed by atoms with Gasteiger partial charge in [0.1, 0.15) is 0 Å². The molecule has 0 radical (unpaired) electrons. The Balaban J connectivity index is 2.33. The zero-order chi connectivity index (χ0) is 10.1. The molecule has 0 spiro atoms. The topological polar surface area (TPSA) is 52.5 Å². The van der Waals surface area contributed by atoms with Crippen LogP contribution in [-0.4, -0.2) is 22.8 Å². The lowest BCUT2D eigenvalue weighted by Crippen LogP contribution is -2.35. The maximum Gasteiger partial charge on any atom is 0.0975 e. The van der Waals surface area contributed by atoms with Crippen LogP contribution in [-0.2, 0) is 0 Å². The van der Waals surface area contributed by atoms with Crippen LogP contribution < -0.4 is 5.32 Å². The van der Waals surface area contributed by atoms with Crippen molar-refractivity contribution in [3.63, 3.8) is 0 Å². The van der Waals surface area contributed by atoms with E-state index in [-0.39, 0.29) is 6.04 Å². The number of hydrogen-bond acceptors (Lipinski definition) is 3. The summed E-state index contributed by atoms with van der Waals surface area (Å²) >= 11 is 0. The molecule has 2 atom stereocenters. The first-order valence-electron chi connectivity index (χ1n) is 4.94. The smallest absolute Gasteiger partial charge is 0.0975 e. The quantitative estimate of drug-likeness (QED) is 0.649. The van der Waals surface area contributed by atoms with Gasteiger partial charge in [-0.15, -0.1) is 0 Å². The Morgan fingerprint density at radius 2 is 1.64 bits per heavy atom. The molecule has 0 saturated carbocycles. The molecular formula is C11H15NO2. The molecule has 0 fully saturated rings. The van der Waals surface area contributed by atoms with Crippen molar-refractivity contribution in [3.05, 3.63) is 35.4 Å². The van der Waals surface area contributed by atoms with E-state index >= 15 is 0 Å². The van der Waals surface area contributed by atoms with Gasteiger partial charge in [-0.05, 0) is 17.7 Å². The number of nitrogens with one attached hydrogen (secondary N) is 1. The summed E-state index contributed by atoms with van der Waals surface area (Å²) in [5.41, 5.74) is 1.68. The zero-order valence-corrected chi connectivity index (χ0v) is 8.14. The van der Waals surface area contributed by atoms with Crippen LogP contribution in [0.25, 0.3) is 0 Å². The molecule has 0 heterocycles. The fraction of sp³-hybridized carbons (Fsp3) is 0.455. The third-order valence-corrected chi connectivity index (χ3v) is 2.75. The van der Waals surface area contributed by atoms with Gasteiger partial charge in [-0.1, -0.05) is 31.2 Å². The third kappa shape index (κ3) is 1.34. The van der Waals surface area contributed by atoms with Gasteiger partial charge in [0.25, 0.3) is 0 Å². The van der Waals surface area contributed by atoms with Crippen molar-refractivity contribution < 1.29 is 10.2 Å². The molecule has 0 aliphatic heterocycles. The fourth-order valence-electron chi connectivity index (χ4n) is 2.07. The second kappa shape index (κ2) is 3.69. The van der Waals surface area contributed by atoms with Crippen molar-refractivity contribution in [3.8, 4) is 0 Å². The highest BCUT2D eigenvalue weighted by molar-refractivity contribution is 5.38. The summed E-state index contributed by atoms with van der Waals surface area (Å²) in [7, 11) is 0. The zero-order valence-electron chi connectivity index (χ0n) is 8.14. The summed E-state index contributed by atoms with van der Waals surface area (Å²) in [6, 6.07) is 7.21. The monoisotopic (exact) mass is 193 g/mol. The molecule has 0 amide bonds. The first-order valence-corrected chi connectivity index (χ1v) is 4.94.